The van der Waals surface area contributed by atoms with Gasteiger partial charge in [-0.15, -0.1) is 0 Å². The lowest BCUT2D eigenvalue weighted by atomic mass is 10.2. The van der Waals surface area contributed by atoms with E-state index in [0.717, 1.165) is 30.1 Å². The zero-order valence-corrected chi connectivity index (χ0v) is 16.0. The van der Waals surface area contributed by atoms with Crippen LogP contribution in [0.1, 0.15) is 12.1 Å². The second kappa shape index (κ2) is 8.79. The Morgan fingerprint density at radius 1 is 1.04 bits per heavy atom. The van der Waals surface area contributed by atoms with Crippen LogP contribution in [0.2, 0.25) is 0 Å². The first kappa shape index (κ1) is 19.1. The summed E-state index contributed by atoms with van der Waals surface area (Å²) in [6.45, 7) is 7.96. The molecule has 1 aromatic rings. The number of hydrogen-bond donors (Lipinski definition) is 0. The standard InChI is InChI=1S/C17H26N4O4S/c1-14-13-26-17(24)21(14)3-2-15(22)19-4-6-20(7-5-19)16(23)12-18-8-10-25-11-9-18/h13H,2-12H2,1H3. The average Bonchev–Trinajstić information content (AvgIpc) is 2.98. The Bertz CT molecular complexity index is 687. The summed E-state index contributed by atoms with van der Waals surface area (Å²) in [7, 11) is 0. The molecule has 144 valence electrons. The fourth-order valence-corrected chi connectivity index (χ4v) is 4.06. The highest BCUT2D eigenvalue weighted by Crippen LogP contribution is 2.08. The number of morpholine rings is 1. The molecule has 2 saturated heterocycles. The van der Waals surface area contributed by atoms with Crippen LogP contribution in [-0.2, 0) is 20.9 Å². The molecule has 2 aliphatic heterocycles. The van der Waals surface area contributed by atoms with Gasteiger partial charge in [0.1, 0.15) is 0 Å². The van der Waals surface area contributed by atoms with Crippen molar-refractivity contribution in [2.45, 2.75) is 19.9 Å². The molecule has 0 bridgehead atoms. The quantitative estimate of drug-likeness (QED) is 0.694. The maximum atomic E-state index is 12.4. The van der Waals surface area contributed by atoms with Gasteiger partial charge in [-0.05, 0) is 6.92 Å². The molecule has 1 aromatic heterocycles. The van der Waals surface area contributed by atoms with Crippen molar-refractivity contribution in [2.24, 2.45) is 0 Å². The number of piperazine rings is 1. The van der Waals surface area contributed by atoms with E-state index >= 15 is 0 Å². The van der Waals surface area contributed by atoms with Gasteiger partial charge in [-0.25, -0.2) is 0 Å². The van der Waals surface area contributed by atoms with Crippen molar-refractivity contribution in [2.75, 3.05) is 59.0 Å². The molecule has 0 unspecified atom stereocenters. The van der Waals surface area contributed by atoms with Gasteiger partial charge in [0, 0.05) is 63.3 Å². The molecule has 0 saturated carbocycles. The van der Waals surface area contributed by atoms with Gasteiger partial charge in [0.05, 0.1) is 19.8 Å². The van der Waals surface area contributed by atoms with Crippen molar-refractivity contribution in [1.29, 1.82) is 0 Å². The summed E-state index contributed by atoms with van der Waals surface area (Å²) in [6.07, 6.45) is 0.319. The molecular weight excluding hydrogens is 356 g/mol. The van der Waals surface area contributed by atoms with Crippen LogP contribution in [0.5, 0.6) is 0 Å². The molecule has 0 atom stereocenters. The largest absolute Gasteiger partial charge is 0.379 e. The van der Waals surface area contributed by atoms with Crippen LogP contribution in [0.15, 0.2) is 10.2 Å². The van der Waals surface area contributed by atoms with Crippen molar-refractivity contribution in [3.8, 4) is 0 Å². The normalized spacial score (nSPS) is 19.0. The molecule has 2 amide bonds. The molecule has 0 N–H and O–H groups in total. The predicted octanol–water partition coefficient (Wildman–Crippen LogP) is -0.389. The molecule has 0 spiro atoms. The highest BCUT2D eigenvalue weighted by Gasteiger charge is 2.25. The minimum Gasteiger partial charge on any atom is -0.379 e. The number of hydrogen-bond acceptors (Lipinski definition) is 6. The molecule has 0 aliphatic carbocycles. The van der Waals surface area contributed by atoms with Crippen LogP contribution in [0.4, 0.5) is 0 Å². The van der Waals surface area contributed by atoms with E-state index in [1.165, 1.54) is 0 Å². The van der Waals surface area contributed by atoms with E-state index in [1.807, 2.05) is 17.2 Å². The molecule has 0 aromatic carbocycles. The van der Waals surface area contributed by atoms with Crippen LogP contribution in [0.3, 0.4) is 0 Å². The Labute approximate surface area is 156 Å². The Morgan fingerprint density at radius 2 is 1.65 bits per heavy atom. The number of amides is 2. The molecule has 9 heteroatoms. The summed E-state index contributed by atoms with van der Waals surface area (Å²) in [5.74, 6) is 0.169. The van der Waals surface area contributed by atoms with Gasteiger partial charge in [0.15, 0.2) is 0 Å². The zero-order valence-electron chi connectivity index (χ0n) is 15.2. The number of ether oxygens (including phenoxy) is 1. The van der Waals surface area contributed by atoms with E-state index in [2.05, 4.69) is 4.90 Å². The smallest absolute Gasteiger partial charge is 0.307 e. The molecule has 3 heterocycles. The first-order valence-corrected chi connectivity index (χ1v) is 9.93. The minimum atomic E-state index is -0.0196. The summed E-state index contributed by atoms with van der Waals surface area (Å²) in [5.41, 5.74) is 0.895. The number of thiazole rings is 1. The number of rotatable bonds is 5. The predicted molar refractivity (Wildman–Crippen MR) is 98.4 cm³/mol. The van der Waals surface area contributed by atoms with Crippen molar-refractivity contribution in [3.05, 3.63) is 20.7 Å². The maximum Gasteiger partial charge on any atom is 0.307 e. The van der Waals surface area contributed by atoms with Gasteiger partial charge in [-0.3, -0.25) is 19.3 Å². The fraction of sp³-hybridized carbons (Fsp3) is 0.706. The number of nitrogens with zero attached hydrogens (tertiary/aromatic N) is 4. The SMILES string of the molecule is Cc1csc(=O)n1CCC(=O)N1CCN(C(=O)CN2CCOCC2)CC1. The van der Waals surface area contributed by atoms with E-state index in [1.54, 1.807) is 9.47 Å². The van der Waals surface area contributed by atoms with Gasteiger partial charge in [-0.1, -0.05) is 11.3 Å². The van der Waals surface area contributed by atoms with Crippen molar-refractivity contribution >= 4 is 23.2 Å². The summed E-state index contributed by atoms with van der Waals surface area (Å²) < 4.78 is 6.94. The Hall–Kier alpha value is -1.71. The van der Waals surface area contributed by atoms with Crippen LogP contribution >= 0.6 is 11.3 Å². The Kier molecular flexibility index (Phi) is 6.44. The van der Waals surface area contributed by atoms with Crippen LogP contribution in [0, 0.1) is 6.92 Å². The summed E-state index contributed by atoms with van der Waals surface area (Å²) in [5, 5.41) is 1.81. The molecule has 2 fully saturated rings. The van der Waals surface area contributed by atoms with Crippen molar-refractivity contribution in [1.82, 2.24) is 19.3 Å². The Balaban J connectivity index is 1.42. The second-order valence-electron chi connectivity index (χ2n) is 6.69. The second-order valence-corrected chi connectivity index (χ2v) is 7.52. The topological polar surface area (TPSA) is 75.1 Å². The third-order valence-electron chi connectivity index (χ3n) is 4.97. The fourth-order valence-electron chi connectivity index (χ4n) is 3.30. The highest BCUT2D eigenvalue weighted by molar-refractivity contribution is 7.07. The van der Waals surface area contributed by atoms with Gasteiger partial charge in [-0.2, -0.15) is 0 Å². The van der Waals surface area contributed by atoms with E-state index in [-0.39, 0.29) is 16.7 Å². The van der Waals surface area contributed by atoms with Gasteiger partial charge in [0.2, 0.25) is 11.8 Å². The molecule has 2 aliphatic rings. The number of carbonyl (C=O) groups is 2. The lowest BCUT2D eigenvalue weighted by Gasteiger charge is -2.36. The molecule has 26 heavy (non-hydrogen) atoms. The number of aryl methyl sites for hydroxylation is 1. The maximum absolute atomic E-state index is 12.4. The third-order valence-corrected chi connectivity index (χ3v) is 5.85. The summed E-state index contributed by atoms with van der Waals surface area (Å²) >= 11 is 1.16. The monoisotopic (exact) mass is 382 g/mol. The van der Waals surface area contributed by atoms with Crippen molar-refractivity contribution in [3.63, 3.8) is 0 Å². The van der Waals surface area contributed by atoms with Crippen LogP contribution in [-0.4, -0.2) is 90.1 Å². The zero-order chi connectivity index (χ0) is 18.5. The molecule has 3 rings (SSSR count). The summed E-state index contributed by atoms with van der Waals surface area (Å²) in [4.78, 5) is 42.2. The average molecular weight is 382 g/mol. The van der Waals surface area contributed by atoms with E-state index in [4.69, 9.17) is 4.74 Å². The Morgan fingerprint density at radius 3 is 2.23 bits per heavy atom. The summed E-state index contributed by atoms with van der Waals surface area (Å²) in [6, 6.07) is 0. The van der Waals surface area contributed by atoms with E-state index in [0.29, 0.717) is 58.9 Å². The molecule has 8 nitrogen and oxygen atoms in total. The van der Waals surface area contributed by atoms with Gasteiger partial charge in [0.25, 0.3) is 0 Å². The van der Waals surface area contributed by atoms with Crippen molar-refractivity contribution < 1.29 is 14.3 Å². The number of carbonyl (C=O) groups excluding carboxylic acids is 2. The van der Waals surface area contributed by atoms with Gasteiger partial charge >= 0.3 is 4.87 Å². The van der Waals surface area contributed by atoms with Gasteiger partial charge < -0.3 is 19.1 Å². The lowest BCUT2D eigenvalue weighted by molar-refractivity contribution is -0.140. The minimum absolute atomic E-state index is 0.0196. The van der Waals surface area contributed by atoms with Crippen LogP contribution < -0.4 is 4.87 Å². The lowest BCUT2D eigenvalue weighted by Crippen LogP contribution is -2.53. The molecule has 0 radical (unpaired) electrons. The van der Waals surface area contributed by atoms with Crippen LogP contribution in [0.25, 0.3) is 0 Å². The first-order chi connectivity index (χ1) is 12.5. The third kappa shape index (κ3) is 4.72. The van der Waals surface area contributed by atoms with E-state index < -0.39 is 0 Å². The highest BCUT2D eigenvalue weighted by atomic mass is 32.1. The number of aromatic nitrogens is 1. The molecular formula is C17H26N4O4S. The van der Waals surface area contributed by atoms with E-state index in [9.17, 15) is 14.4 Å². The first-order valence-electron chi connectivity index (χ1n) is 9.05.